The normalized spacial score (nSPS) is 12.1. The Labute approximate surface area is 134 Å². The first-order valence-electron chi connectivity index (χ1n) is 6.55. The molecule has 2 amide bonds. The van der Waals surface area contributed by atoms with Gasteiger partial charge in [0.15, 0.2) is 0 Å². The van der Waals surface area contributed by atoms with Gasteiger partial charge in [0.2, 0.25) is 5.91 Å². The van der Waals surface area contributed by atoms with E-state index in [1.807, 2.05) is 13.8 Å². The molecule has 21 heavy (non-hydrogen) atoms. The summed E-state index contributed by atoms with van der Waals surface area (Å²) in [5.41, 5.74) is 6.10. The minimum Gasteiger partial charge on any atom is -0.399 e. The zero-order valence-electron chi connectivity index (χ0n) is 12.2. The molecule has 0 fully saturated rings. The first kappa shape index (κ1) is 17.6. The molecular formula is C14H19Cl2N3O2. The summed E-state index contributed by atoms with van der Waals surface area (Å²) in [6.45, 7) is 6.11. The third kappa shape index (κ3) is 5.10. The Morgan fingerprint density at radius 2 is 1.86 bits per heavy atom. The average molecular weight is 332 g/mol. The lowest BCUT2D eigenvalue weighted by Crippen LogP contribution is -2.45. The summed E-state index contributed by atoms with van der Waals surface area (Å²) in [7, 11) is 0. The lowest BCUT2D eigenvalue weighted by atomic mass is 10.1. The first-order valence-corrected chi connectivity index (χ1v) is 7.31. The molecule has 0 aliphatic carbocycles. The van der Waals surface area contributed by atoms with E-state index in [0.29, 0.717) is 18.2 Å². The van der Waals surface area contributed by atoms with Crippen molar-refractivity contribution in [3.8, 4) is 0 Å². The van der Waals surface area contributed by atoms with Crippen LogP contribution in [0.15, 0.2) is 12.1 Å². The van der Waals surface area contributed by atoms with Gasteiger partial charge in [0.25, 0.3) is 5.91 Å². The molecule has 0 bridgehead atoms. The molecule has 5 nitrogen and oxygen atoms in total. The van der Waals surface area contributed by atoms with Crippen LogP contribution in [0.2, 0.25) is 10.0 Å². The summed E-state index contributed by atoms with van der Waals surface area (Å²) in [5, 5.41) is 5.61. The lowest BCUT2D eigenvalue weighted by Gasteiger charge is -2.16. The van der Waals surface area contributed by atoms with Crippen LogP contribution in [0.5, 0.6) is 0 Å². The predicted molar refractivity (Wildman–Crippen MR) is 85.7 cm³/mol. The van der Waals surface area contributed by atoms with E-state index in [0.717, 1.165) is 0 Å². The van der Waals surface area contributed by atoms with Gasteiger partial charge in [-0.05, 0) is 25.0 Å². The Bertz CT molecular complexity index is 547. The van der Waals surface area contributed by atoms with Crippen molar-refractivity contribution in [1.82, 2.24) is 10.6 Å². The van der Waals surface area contributed by atoms with Crippen molar-refractivity contribution in [3.05, 3.63) is 27.7 Å². The summed E-state index contributed by atoms with van der Waals surface area (Å²) in [4.78, 5) is 24.0. The quantitative estimate of drug-likeness (QED) is 0.724. The van der Waals surface area contributed by atoms with Crippen molar-refractivity contribution in [2.45, 2.75) is 26.8 Å². The van der Waals surface area contributed by atoms with Crippen molar-refractivity contribution in [2.24, 2.45) is 5.92 Å². The molecular weight excluding hydrogens is 313 g/mol. The van der Waals surface area contributed by atoms with E-state index in [2.05, 4.69) is 10.6 Å². The van der Waals surface area contributed by atoms with Crippen LogP contribution in [0.3, 0.4) is 0 Å². The second kappa shape index (κ2) is 7.52. The van der Waals surface area contributed by atoms with Gasteiger partial charge in [-0.2, -0.15) is 0 Å². The largest absolute Gasteiger partial charge is 0.399 e. The smallest absolute Gasteiger partial charge is 0.253 e. The standard InChI is InChI=1S/C14H19Cl2N3O2/c1-7(2)6-18-13(20)8(3)19-14(21)10-4-9(17)5-11(15)12(10)16/h4-5,7-8H,6,17H2,1-3H3,(H,18,20)(H,19,21). The third-order valence-corrected chi connectivity index (χ3v) is 3.52. The number of halogens is 2. The van der Waals surface area contributed by atoms with Gasteiger partial charge in [-0.15, -0.1) is 0 Å². The first-order chi connectivity index (χ1) is 9.72. The maximum Gasteiger partial charge on any atom is 0.253 e. The maximum absolute atomic E-state index is 12.1. The van der Waals surface area contributed by atoms with Crippen LogP contribution in [0.1, 0.15) is 31.1 Å². The van der Waals surface area contributed by atoms with Crippen molar-refractivity contribution in [2.75, 3.05) is 12.3 Å². The molecule has 0 aliphatic heterocycles. The van der Waals surface area contributed by atoms with Crippen LogP contribution < -0.4 is 16.4 Å². The van der Waals surface area contributed by atoms with Crippen LogP contribution in [-0.2, 0) is 4.79 Å². The SMILES string of the molecule is CC(C)CNC(=O)C(C)NC(=O)c1cc(N)cc(Cl)c1Cl. The maximum atomic E-state index is 12.1. The van der Waals surface area contributed by atoms with Crippen molar-refractivity contribution in [1.29, 1.82) is 0 Å². The topological polar surface area (TPSA) is 84.2 Å². The number of hydrogen-bond acceptors (Lipinski definition) is 3. The number of anilines is 1. The predicted octanol–water partition coefficient (Wildman–Crippen LogP) is 2.47. The van der Waals surface area contributed by atoms with Crippen LogP contribution in [0.4, 0.5) is 5.69 Å². The fourth-order valence-corrected chi connectivity index (χ4v) is 2.00. The molecule has 1 unspecified atom stereocenters. The summed E-state index contributed by atoms with van der Waals surface area (Å²) in [6.07, 6.45) is 0. The van der Waals surface area contributed by atoms with Crippen LogP contribution in [0.25, 0.3) is 0 Å². The summed E-state index contributed by atoms with van der Waals surface area (Å²) >= 11 is 11.9. The molecule has 7 heteroatoms. The zero-order valence-corrected chi connectivity index (χ0v) is 13.7. The van der Waals surface area contributed by atoms with E-state index in [1.54, 1.807) is 6.92 Å². The number of nitrogens with two attached hydrogens (primary N) is 1. The summed E-state index contributed by atoms with van der Waals surface area (Å²) in [6, 6.07) is 2.19. The van der Waals surface area contributed by atoms with Gasteiger partial charge in [-0.1, -0.05) is 37.0 Å². The number of carbonyl (C=O) groups excluding carboxylic acids is 2. The summed E-state index contributed by atoms with van der Waals surface area (Å²) in [5.74, 6) is -0.427. The minimum absolute atomic E-state index is 0.109. The number of rotatable bonds is 5. The molecule has 0 saturated heterocycles. The Morgan fingerprint density at radius 1 is 1.24 bits per heavy atom. The van der Waals surface area contributed by atoms with E-state index in [1.165, 1.54) is 12.1 Å². The molecule has 116 valence electrons. The van der Waals surface area contributed by atoms with Gasteiger partial charge in [0.1, 0.15) is 6.04 Å². The molecule has 4 N–H and O–H groups in total. The summed E-state index contributed by atoms with van der Waals surface area (Å²) < 4.78 is 0. The average Bonchev–Trinajstić information content (AvgIpc) is 2.39. The van der Waals surface area contributed by atoms with Crippen molar-refractivity contribution >= 4 is 40.7 Å². The van der Waals surface area contributed by atoms with E-state index >= 15 is 0 Å². The lowest BCUT2D eigenvalue weighted by molar-refractivity contribution is -0.122. The van der Waals surface area contributed by atoms with E-state index in [9.17, 15) is 9.59 Å². The molecule has 0 saturated carbocycles. The number of hydrogen-bond donors (Lipinski definition) is 3. The molecule has 0 aromatic heterocycles. The van der Waals surface area contributed by atoms with Crippen molar-refractivity contribution in [3.63, 3.8) is 0 Å². The van der Waals surface area contributed by atoms with E-state index < -0.39 is 11.9 Å². The molecule has 0 aliphatic rings. The fourth-order valence-electron chi connectivity index (χ4n) is 1.57. The van der Waals surface area contributed by atoms with Crippen LogP contribution >= 0.6 is 23.2 Å². The molecule has 1 atom stereocenters. The number of amides is 2. The highest BCUT2D eigenvalue weighted by molar-refractivity contribution is 6.44. The van der Waals surface area contributed by atoms with Gasteiger partial charge in [0, 0.05) is 12.2 Å². The monoisotopic (exact) mass is 331 g/mol. The van der Waals surface area contributed by atoms with Gasteiger partial charge < -0.3 is 16.4 Å². The minimum atomic E-state index is -0.687. The molecule has 0 spiro atoms. The Hall–Kier alpha value is -1.46. The Balaban J connectivity index is 2.75. The molecule has 0 radical (unpaired) electrons. The highest BCUT2D eigenvalue weighted by Gasteiger charge is 2.19. The van der Waals surface area contributed by atoms with Gasteiger partial charge in [-0.3, -0.25) is 9.59 Å². The molecule has 0 heterocycles. The second-order valence-electron chi connectivity index (χ2n) is 5.20. The number of carbonyl (C=O) groups is 2. The van der Waals surface area contributed by atoms with Gasteiger partial charge in [-0.25, -0.2) is 0 Å². The van der Waals surface area contributed by atoms with Gasteiger partial charge in [0.05, 0.1) is 15.6 Å². The van der Waals surface area contributed by atoms with E-state index in [-0.39, 0.29) is 21.5 Å². The van der Waals surface area contributed by atoms with E-state index in [4.69, 9.17) is 28.9 Å². The Kier molecular flexibility index (Phi) is 6.30. The molecule has 1 aromatic carbocycles. The number of benzene rings is 1. The Morgan fingerprint density at radius 3 is 2.43 bits per heavy atom. The molecule has 1 rings (SSSR count). The fraction of sp³-hybridized carbons (Fsp3) is 0.429. The number of nitrogens with one attached hydrogen (secondary N) is 2. The van der Waals surface area contributed by atoms with Crippen molar-refractivity contribution < 1.29 is 9.59 Å². The highest BCUT2D eigenvalue weighted by Crippen LogP contribution is 2.28. The zero-order chi connectivity index (χ0) is 16.2. The second-order valence-corrected chi connectivity index (χ2v) is 5.98. The molecule has 1 aromatic rings. The van der Waals surface area contributed by atoms with Crippen LogP contribution in [-0.4, -0.2) is 24.4 Å². The van der Waals surface area contributed by atoms with Crippen LogP contribution in [0, 0.1) is 5.92 Å². The third-order valence-electron chi connectivity index (χ3n) is 2.72. The van der Waals surface area contributed by atoms with Gasteiger partial charge >= 0.3 is 0 Å². The number of nitrogen functional groups attached to an aromatic ring is 1. The highest BCUT2D eigenvalue weighted by atomic mass is 35.5.